The van der Waals surface area contributed by atoms with Gasteiger partial charge in [0.2, 0.25) is 11.8 Å². The topological polar surface area (TPSA) is 62.6 Å². The van der Waals surface area contributed by atoms with Crippen LogP contribution in [0.25, 0.3) is 11.0 Å². The van der Waals surface area contributed by atoms with Crippen LogP contribution in [0.1, 0.15) is 23.8 Å². The molecule has 2 atom stereocenters. The second-order valence-corrected chi connectivity index (χ2v) is 7.33. The number of nitrogens with one attached hydrogen (secondary N) is 1. The Morgan fingerprint density at radius 1 is 1.13 bits per heavy atom. The number of alkyl halides is 3. The Hall–Kier alpha value is -3.29. The van der Waals surface area contributed by atoms with E-state index in [9.17, 15) is 22.8 Å². The number of para-hydroxylation sites is 1. The third-order valence-electron chi connectivity index (χ3n) is 5.10. The van der Waals surface area contributed by atoms with Crippen molar-refractivity contribution in [2.75, 3.05) is 13.1 Å². The van der Waals surface area contributed by atoms with Gasteiger partial charge in [0.15, 0.2) is 0 Å². The van der Waals surface area contributed by atoms with Gasteiger partial charge in [0.1, 0.15) is 23.9 Å². The predicted octanol–water partition coefficient (Wildman–Crippen LogP) is 4.05. The van der Waals surface area contributed by atoms with Gasteiger partial charge in [-0.05, 0) is 17.7 Å². The van der Waals surface area contributed by atoms with Gasteiger partial charge in [-0.25, -0.2) is 0 Å². The van der Waals surface area contributed by atoms with E-state index < -0.39 is 36.5 Å². The normalized spacial score (nSPS) is 18.0. The van der Waals surface area contributed by atoms with Crippen molar-refractivity contribution in [3.63, 3.8) is 0 Å². The van der Waals surface area contributed by atoms with Gasteiger partial charge in [-0.1, -0.05) is 48.5 Å². The minimum absolute atomic E-state index is 0.246. The summed E-state index contributed by atoms with van der Waals surface area (Å²) in [6, 6.07) is 17.7. The molecule has 4 rings (SSSR count). The SMILES string of the molecule is O=C(NC(c1ccccc1)c1cc2ccccc2o1)C1CC(=O)N(CC(F)(F)F)C1. The average Bonchev–Trinajstić information content (AvgIpc) is 3.29. The second kappa shape index (κ2) is 7.85. The van der Waals surface area contributed by atoms with Gasteiger partial charge < -0.3 is 14.6 Å². The van der Waals surface area contributed by atoms with Crippen molar-refractivity contribution >= 4 is 22.8 Å². The molecule has 3 aromatic rings. The number of halogens is 3. The van der Waals surface area contributed by atoms with E-state index in [1.807, 2.05) is 60.7 Å². The van der Waals surface area contributed by atoms with Crippen molar-refractivity contribution < 1.29 is 27.2 Å². The fourth-order valence-corrected chi connectivity index (χ4v) is 3.69. The number of benzene rings is 2. The number of nitrogens with zero attached hydrogens (tertiary/aromatic N) is 1. The highest BCUT2D eigenvalue weighted by atomic mass is 19.4. The lowest BCUT2D eigenvalue weighted by Gasteiger charge is -2.21. The molecule has 0 saturated carbocycles. The molecule has 2 heterocycles. The zero-order valence-corrected chi connectivity index (χ0v) is 15.9. The molecule has 1 saturated heterocycles. The highest BCUT2D eigenvalue weighted by molar-refractivity contribution is 5.89. The minimum Gasteiger partial charge on any atom is -0.459 e. The van der Waals surface area contributed by atoms with Gasteiger partial charge >= 0.3 is 6.18 Å². The lowest BCUT2D eigenvalue weighted by molar-refractivity contribution is -0.157. The average molecular weight is 416 g/mol. The van der Waals surface area contributed by atoms with Crippen molar-refractivity contribution in [1.29, 1.82) is 0 Å². The molecule has 1 aliphatic rings. The fraction of sp³-hybridized carbons (Fsp3) is 0.273. The summed E-state index contributed by atoms with van der Waals surface area (Å²) in [5.74, 6) is -1.50. The maximum atomic E-state index is 12.9. The zero-order chi connectivity index (χ0) is 21.3. The number of hydrogen-bond acceptors (Lipinski definition) is 3. The molecule has 1 fully saturated rings. The zero-order valence-electron chi connectivity index (χ0n) is 15.9. The molecule has 1 aromatic heterocycles. The van der Waals surface area contributed by atoms with E-state index in [1.165, 1.54) is 0 Å². The van der Waals surface area contributed by atoms with Gasteiger partial charge in [0.05, 0.1) is 5.92 Å². The highest BCUT2D eigenvalue weighted by Gasteiger charge is 2.41. The van der Waals surface area contributed by atoms with E-state index in [0.29, 0.717) is 16.2 Å². The van der Waals surface area contributed by atoms with E-state index in [4.69, 9.17) is 4.42 Å². The van der Waals surface area contributed by atoms with Crippen LogP contribution in [0.15, 0.2) is 65.1 Å². The van der Waals surface area contributed by atoms with Crippen molar-refractivity contribution in [2.45, 2.75) is 18.6 Å². The first-order chi connectivity index (χ1) is 14.3. The number of rotatable bonds is 5. The van der Waals surface area contributed by atoms with Crippen LogP contribution in [-0.2, 0) is 9.59 Å². The quantitative estimate of drug-likeness (QED) is 0.683. The lowest BCUT2D eigenvalue weighted by atomic mass is 10.0. The summed E-state index contributed by atoms with van der Waals surface area (Å²) in [7, 11) is 0. The minimum atomic E-state index is -4.50. The molecule has 0 aliphatic carbocycles. The van der Waals surface area contributed by atoms with Gasteiger partial charge in [0.25, 0.3) is 0 Å². The van der Waals surface area contributed by atoms with Crippen LogP contribution < -0.4 is 5.32 Å². The Morgan fingerprint density at radius 2 is 1.83 bits per heavy atom. The summed E-state index contributed by atoms with van der Waals surface area (Å²) < 4.78 is 43.9. The Morgan fingerprint density at radius 3 is 2.53 bits per heavy atom. The van der Waals surface area contributed by atoms with E-state index in [0.717, 1.165) is 10.9 Å². The number of fused-ring (bicyclic) bond motifs is 1. The molecule has 5 nitrogen and oxygen atoms in total. The maximum absolute atomic E-state index is 12.9. The summed E-state index contributed by atoms with van der Waals surface area (Å²) in [5, 5.41) is 3.73. The number of carbonyl (C=O) groups is 2. The van der Waals surface area contributed by atoms with Crippen LogP contribution in [0.2, 0.25) is 0 Å². The molecule has 0 spiro atoms. The molecule has 8 heteroatoms. The van der Waals surface area contributed by atoms with Crippen molar-refractivity contribution in [3.8, 4) is 0 Å². The maximum Gasteiger partial charge on any atom is 0.406 e. The van der Waals surface area contributed by atoms with Gasteiger partial charge in [-0.2, -0.15) is 13.2 Å². The standard InChI is InChI=1S/C22H19F3N2O3/c23-22(24,25)13-27-12-16(11-19(27)28)21(29)26-20(14-6-2-1-3-7-14)18-10-15-8-4-5-9-17(15)30-18/h1-10,16,20H,11-13H2,(H,26,29). The van der Waals surface area contributed by atoms with Crippen molar-refractivity contribution in [2.24, 2.45) is 5.92 Å². The van der Waals surface area contributed by atoms with Crippen LogP contribution in [0.4, 0.5) is 13.2 Å². The van der Waals surface area contributed by atoms with Crippen LogP contribution in [-0.4, -0.2) is 36.0 Å². The first-order valence-corrected chi connectivity index (χ1v) is 9.48. The van der Waals surface area contributed by atoms with Crippen LogP contribution in [0.3, 0.4) is 0 Å². The highest BCUT2D eigenvalue weighted by Crippen LogP contribution is 2.30. The molecule has 2 aromatic carbocycles. The third kappa shape index (κ3) is 4.32. The first kappa shape index (κ1) is 20.0. The molecule has 1 N–H and O–H groups in total. The van der Waals surface area contributed by atoms with Crippen molar-refractivity contribution in [1.82, 2.24) is 10.2 Å². The summed E-state index contributed by atoms with van der Waals surface area (Å²) in [6.07, 6.45) is -4.74. The smallest absolute Gasteiger partial charge is 0.406 e. The van der Waals surface area contributed by atoms with E-state index >= 15 is 0 Å². The largest absolute Gasteiger partial charge is 0.459 e. The number of likely N-dealkylation sites (tertiary alicyclic amines) is 1. The van der Waals surface area contributed by atoms with Crippen LogP contribution >= 0.6 is 0 Å². The Labute approximate surface area is 170 Å². The monoisotopic (exact) mass is 416 g/mol. The van der Waals surface area contributed by atoms with Crippen LogP contribution in [0, 0.1) is 5.92 Å². The first-order valence-electron chi connectivity index (χ1n) is 9.48. The molecule has 30 heavy (non-hydrogen) atoms. The molecule has 0 radical (unpaired) electrons. The third-order valence-corrected chi connectivity index (χ3v) is 5.10. The molecule has 1 aliphatic heterocycles. The number of hydrogen-bond donors (Lipinski definition) is 1. The van der Waals surface area contributed by atoms with Gasteiger partial charge in [-0.15, -0.1) is 0 Å². The van der Waals surface area contributed by atoms with Crippen molar-refractivity contribution in [3.05, 3.63) is 72.0 Å². The lowest BCUT2D eigenvalue weighted by Crippen LogP contribution is -2.38. The van der Waals surface area contributed by atoms with Gasteiger partial charge in [-0.3, -0.25) is 9.59 Å². The van der Waals surface area contributed by atoms with E-state index in [-0.39, 0.29) is 13.0 Å². The molecule has 0 bridgehead atoms. The Kier molecular flexibility index (Phi) is 5.24. The van der Waals surface area contributed by atoms with E-state index in [1.54, 1.807) is 0 Å². The number of carbonyl (C=O) groups excluding carboxylic acids is 2. The Balaban J connectivity index is 1.57. The van der Waals surface area contributed by atoms with Crippen LogP contribution in [0.5, 0.6) is 0 Å². The second-order valence-electron chi connectivity index (χ2n) is 7.33. The van der Waals surface area contributed by atoms with E-state index in [2.05, 4.69) is 5.32 Å². The number of furan rings is 1. The number of amides is 2. The summed E-state index contributed by atoms with van der Waals surface area (Å²) >= 11 is 0. The molecular weight excluding hydrogens is 397 g/mol. The molecular formula is C22H19F3N2O3. The summed E-state index contributed by atoms with van der Waals surface area (Å²) in [6.45, 7) is -1.60. The summed E-state index contributed by atoms with van der Waals surface area (Å²) in [5.41, 5.74) is 1.43. The molecule has 2 amide bonds. The van der Waals surface area contributed by atoms with Gasteiger partial charge in [0, 0.05) is 18.4 Å². The molecule has 2 unspecified atom stereocenters. The fourth-order valence-electron chi connectivity index (χ4n) is 3.69. The predicted molar refractivity (Wildman–Crippen MR) is 103 cm³/mol. The summed E-state index contributed by atoms with van der Waals surface area (Å²) in [4.78, 5) is 25.5. The Bertz CT molecular complexity index is 1030. The molecule has 156 valence electrons.